The van der Waals surface area contributed by atoms with Crippen LogP contribution in [0.15, 0.2) is 125 Å². The summed E-state index contributed by atoms with van der Waals surface area (Å²) in [7, 11) is -1.50. The van der Waals surface area contributed by atoms with Crippen LogP contribution in [0.3, 0.4) is 0 Å². The van der Waals surface area contributed by atoms with Crippen LogP contribution in [-0.4, -0.2) is 42.6 Å². The fraction of sp³-hybridized carbons (Fsp3) is 0.250. The molecule has 12 nitrogen and oxygen atoms in total. The first-order valence-electron chi connectivity index (χ1n) is 15.6. The second-order valence-electron chi connectivity index (χ2n) is 11.5. The average molecular weight is 686 g/mol. The molecule has 1 N–H and O–H groups in total. The quantitative estimate of drug-likeness (QED) is 0.153. The Hall–Kier alpha value is -4.84. The van der Waals surface area contributed by atoms with E-state index >= 15 is 0 Å². The van der Waals surface area contributed by atoms with Crippen molar-refractivity contribution in [1.82, 2.24) is 9.55 Å². The summed E-state index contributed by atoms with van der Waals surface area (Å²) in [4.78, 5) is 40.8. The van der Waals surface area contributed by atoms with Gasteiger partial charge in [-0.2, -0.15) is 4.34 Å². The summed E-state index contributed by atoms with van der Waals surface area (Å²) in [6.45, 7) is 1.40. The van der Waals surface area contributed by atoms with Crippen molar-refractivity contribution in [1.29, 1.82) is 0 Å². The number of rotatable bonds is 12. The van der Waals surface area contributed by atoms with Crippen LogP contribution in [0.2, 0.25) is 0 Å². The van der Waals surface area contributed by atoms with Crippen molar-refractivity contribution in [2.45, 2.75) is 37.4 Å². The first-order chi connectivity index (χ1) is 23.6. The van der Waals surface area contributed by atoms with Crippen LogP contribution in [0.25, 0.3) is 0 Å². The predicted octanol–water partition coefficient (Wildman–Crippen LogP) is 3.85. The molecule has 1 unspecified atom stereocenters. The Labute approximate surface area is 282 Å². The van der Waals surface area contributed by atoms with Gasteiger partial charge in [-0.15, -0.1) is 0 Å². The van der Waals surface area contributed by atoms with Crippen molar-refractivity contribution in [3.8, 4) is 11.5 Å². The molecule has 49 heavy (non-hydrogen) atoms. The zero-order valence-corrected chi connectivity index (χ0v) is 28.0. The number of ether oxygens (including phenoxy) is 4. The third kappa shape index (κ3) is 7.01. The molecule has 0 radical (unpaired) electrons. The smallest absolute Gasteiger partial charge is 0.408 e. The molecule has 3 aromatic carbocycles. The Bertz CT molecular complexity index is 1990. The van der Waals surface area contributed by atoms with Gasteiger partial charge in [0, 0.05) is 30.3 Å². The van der Waals surface area contributed by atoms with Crippen molar-refractivity contribution in [3.05, 3.63) is 159 Å². The number of aromatic amines is 1. The van der Waals surface area contributed by atoms with Crippen molar-refractivity contribution in [2.24, 2.45) is 0 Å². The van der Waals surface area contributed by atoms with Crippen molar-refractivity contribution < 1.29 is 37.3 Å². The number of aryl methyl sites for hydroxylation is 1. The maximum absolute atomic E-state index is 13.5. The van der Waals surface area contributed by atoms with Crippen LogP contribution < -0.4 is 30.0 Å². The molecule has 1 fully saturated rings. The number of nitrogens with one attached hydrogen (secondary N) is 1. The first kappa shape index (κ1) is 34.0. The number of hydrogen-bond donors (Lipinski definition) is 1. The van der Waals surface area contributed by atoms with Gasteiger partial charge in [-0.1, -0.05) is 60.7 Å². The molecule has 0 aliphatic carbocycles. The monoisotopic (exact) mass is 685 g/mol. The van der Waals surface area contributed by atoms with Gasteiger partial charge in [0.25, 0.3) is 5.56 Å². The van der Waals surface area contributed by atoms with E-state index in [0.29, 0.717) is 11.5 Å². The van der Waals surface area contributed by atoms with Crippen LogP contribution >= 0.6 is 7.75 Å². The molecule has 13 heteroatoms. The molecule has 6 rings (SSSR count). The maximum Gasteiger partial charge on any atom is 0.408 e. The third-order valence-corrected chi connectivity index (χ3v) is 9.89. The molecule has 1 aliphatic rings. The standard InChI is InChI=1S/C36H36N3O9P/c1-25-23-39(35(41)37-34(25)40)33-22-31(48-49(42,43)38-20-8-5-9-21-38)32(47-33)24-46-36(26-10-6-4-7-11-26,27-12-16-29(44-2)17-13-27)28-14-18-30(45-3)19-15-28/h4-21,23,31-33H,22,24H2,1-3H3,(H-,37,40,41,42,43)/t31-,32+,33+/m0/s1. The topological polar surface area (TPSA) is 145 Å². The molecule has 254 valence electrons. The third-order valence-electron chi connectivity index (χ3n) is 8.53. The summed E-state index contributed by atoms with van der Waals surface area (Å²) >= 11 is 0. The molecule has 4 atom stereocenters. The summed E-state index contributed by atoms with van der Waals surface area (Å²) in [6, 6.07) is 29.4. The number of methoxy groups -OCH3 is 2. The second kappa shape index (κ2) is 14.3. The summed E-state index contributed by atoms with van der Waals surface area (Å²) < 4.78 is 45.8. The highest BCUT2D eigenvalue weighted by Crippen LogP contribution is 2.44. The molecule has 5 aromatic rings. The van der Waals surface area contributed by atoms with Crippen LogP contribution in [0, 0.1) is 6.92 Å². The van der Waals surface area contributed by atoms with E-state index in [1.807, 2.05) is 78.9 Å². The largest absolute Gasteiger partial charge is 0.721 e. The molecule has 3 heterocycles. The lowest BCUT2D eigenvalue weighted by Gasteiger charge is -2.37. The van der Waals surface area contributed by atoms with E-state index in [0.717, 1.165) is 21.0 Å². The lowest BCUT2D eigenvalue weighted by molar-refractivity contribution is -0.574. The van der Waals surface area contributed by atoms with Gasteiger partial charge in [0.15, 0.2) is 12.4 Å². The van der Waals surface area contributed by atoms with Crippen LogP contribution in [-0.2, 0) is 24.2 Å². The summed E-state index contributed by atoms with van der Waals surface area (Å²) in [5.74, 6) is 1.31. The molecular weight excluding hydrogens is 649 g/mol. The number of aromatic nitrogens is 3. The highest BCUT2D eigenvalue weighted by Gasteiger charge is 2.45. The molecule has 2 aromatic heterocycles. The van der Waals surface area contributed by atoms with E-state index in [2.05, 4.69) is 4.98 Å². The SMILES string of the molecule is COc1ccc(C(OC[C@H]2O[C@@H](n3cc(C)c(=O)[nH]c3=O)C[C@@H]2OP(=O)([O-])[n+]2ccccc2)(c2ccccc2)c2ccc(OC)cc2)cc1. The van der Waals surface area contributed by atoms with Gasteiger partial charge in [-0.25, -0.2) is 9.36 Å². The molecule has 0 amide bonds. The molecule has 1 saturated heterocycles. The van der Waals surface area contributed by atoms with E-state index in [4.69, 9.17) is 23.5 Å². The Morgan fingerprint density at radius 3 is 2.00 bits per heavy atom. The highest BCUT2D eigenvalue weighted by molar-refractivity contribution is 7.43. The number of hydrogen-bond acceptors (Lipinski definition) is 9. The fourth-order valence-corrected chi connectivity index (χ4v) is 7.15. The maximum atomic E-state index is 13.5. The minimum absolute atomic E-state index is 0.0253. The van der Waals surface area contributed by atoms with Gasteiger partial charge in [0.1, 0.15) is 35.5 Å². The van der Waals surface area contributed by atoms with E-state index in [1.54, 1.807) is 39.3 Å². The number of H-pyrrole nitrogens is 1. The molecule has 1 aliphatic heterocycles. The Balaban J connectivity index is 1.43. The van der Waals surface area contributed by atoms with Crippen molar-refractivity contribution in [3.63, 3.8) is 0 Å². The van der Waals surface area contributed by atoms with E-state index in [-0.39, 0.29) is 18.6 Å². The summed E-state index contributed by atoms with van der Waals surface area (Å²) in [6.07, 6.45) is 1.10. The Morgan fingerprint density at radius 1 is 0.878 bits per heavy atom. The predicted molar refractivity (Wildman–Crippen MR) is 177 cm³/mol. The zero-order chi connectivity index (χ0) is 34.6. The normalized spacial score (nSPS) is 18.9. The van der Waals surface area contributed by atoms with Crippen molar-refractivity contribution >= 4 is 7.75 Å². The lowest BCUT2D eigenvalue weighted by atomic mass is 9.80. The first-order valence-corrected chi connectivity index (χ1v) is 17.1. The zero-order valence-electron chi connectivity index (χ0n) is 27.1. The van der Waals surface area contributed by atoms with Crippen LogP contribution in [0.1, 0.15) is 34.9 Å². The van der Waals surface area contributed by atoms with Crippen LogP contribution in [0.5, 0.6) is 11.5 Å². The molecule has 0 spiro atoms. The second-order valence-corrected chi connectivity index (χ2v) is 13.1. The van der Waals surface area contributed by atoms with Gasteiger partial charge in [-0.05, 0) is 47.9 Å². The number of benzene rings is 3. The van der Waals surface area contributed by atoms with E-state index in [1.165, 1.54) is 23.2 Å². The molecular formula is C36H36N3O9P. The summed E-state index contributed by atoms with van der Waals surface area (Å²) in [5.41, 5.74) is 0.154. The van der Waals surface area contributed by atoms with Gasteiger partial charge >= 0.3 is 13.4 Å². The van der Waals surface area contributed by atoms with E-state index in [9.17, 15) is 19.0 Å². The van der Waals surface area contributed by atoms with Gasteiger partial charge < -0.3 is 23.8 Å². The van der Waals surface area contributed by atoms with E-state index < -0.39 is 43.0 Å². The summed E-state index contributed by atoms with van der Waals surface area (Å²) in [5, 5.41) is 0. The average Bonchev–Trinajstić information content (AvgIpc) is 3.52. The lowest BCUT2D eigenvalue weighted by Crippen LogP contribution is -2.42. The van der Waals surface area contributed by atoms with Gasteiger partial charge in [-0.3, -0.25) is 18.9 Å². The number of nitrogens with zero attached hydrogens (tertiary/aromatic N) is 2. The Morgan fingerprint density at radius 2 is 1.43 bits per heavy atom. The number of pyridine rings is 1. The van der Waals surface area contributed by atoms with Gasteiger partial charge in [0.2, 0.25) is 0 Å². The van der Waals surface area contributed by atoms with Gasteiger partial charge in [0.05, 0.1) is 20.8 Å². The Kier molecular flexibility index (Phi) is 9.96. The molecule has 0 saturated carbocycles. The van der Waals surface area contributed by atoms with Crippen LogP contribution in [0.4, 0.5) is 0 Å². The fourth-order valence-electron chi connectivity index (χ4n) is 5.99. The minimum Gasteiger partial charge on any atom is -0.721 e. The van der Waals surface area contributed by atoms with Crippen molar-refractivity contribution in [2.75, 3.05) is 20.8 Å². The highest BCUT2D eigenvalue weighted by atomic mass is 31.2. The molecule has 0 bridgehead atoms. The minimum atomic E-state index is -4.68.